The number of rotatable bonds is 6. The van der Waals surface area contributed by atoms with Crippen molar-refractivity contribution < 1.29 is 19.1 Å². The van der Waals surface area contributed by atoms with Gasteiger partial charge < -0.3 is 14.4 Å². The Labute approximate surface area is 133 Å². The predicted molar refractivity (Wildman–Crippen MR) is 80.8 cm³/mol. The number of hydrogen-bond donors (Lipinski definition) is 0. The fourth-order valence-corrected chi connectivity index (χ4v) is 1.90. The molecule has 0 bridgehead atoms. The predicted octanol–water partition coefficient (Wildman–Crippen LogP) is 2.64. The van der Waals surface area contributed by atoms with Gasteiger partial charge >= 0.3 is 5.97 Å². The Balaban J connectivity index is 2.49. The first-order valence-electron chi connectivity index (χ1n) is 6.24. The normalized spacial score (nSPS) is 11.7. The average Bonchev–Trinajstić information content (AvgIpc) is 2.46. The molecule has 21 heavy (non-hydrogen) atoms. The van der Waals surface area contributed by atoms with Gasteiger partial charge in [-0.25, -0.2) is 0 Å². The van der Waals surface area contributed by atoms with Crippen molar-refractivity contribution in [3.8, 4) is 5.75 Å². The van der Waals surface area contributed by atoms with Gasteiger partial charge in [0.05, 0.1) is 23.1 Å². The highest BCUT2D eigenvalue weighted by Crippen LogP contribution is 2.26. The molecule has 0 saturated carbocycles. The molecule has 0 aliphatic rings. The molecule has 0 radical (unpaired) electrons. The Bertz CT molecular complexity index is 522. The molecule has 0 saturated heterocycles. The molecule has 0 fully saturated rings. The Morgan fingerprint density at radius 2 is 1.95 bits per heavy atom. The van der Waals surface area contributed by atoms with Crippen LogP contribution in [0.4, 0.5) is 0 Å². The van der Waals surface area contributed by atoms with E-state index in [4.69, 9.17) is 27.9 Å². The summed E-state index contributed by atoms with van der Waals surface area (Å²) in [5.41, 5.74) is 0. The first kappa shape index (κ1) is 17.6. The molecular formula is C14H17Cl2NO4. The van der Waals surface area contributed by atoms with Crippen LogP contribution in [0.5, 0.6) is 5.75 Å². The van der Waals surface area contributed by atoms with Gasteiger partial charge in [0.2, 0.25) is 0 Å². The minimum Gasteiger partial charge on any atom is -0.484 e. The van der Waals surface area contributed by atoms with Gasteiger partial charge in [0.15, 0.2) is 6.61 Å². The molecule has 0 aliphatic carbocycles. The Kier molecular flexibility index (Phi) is 6.78. The molecule has 1 atom stereocenters. The molecule has 1 rings (SSSR count). The number of carbonyl (C=O) groups excluding carboxylic acids is 2. The third-order valence-corrected chi connectivity index (χ3v) is 3.57. The summed E-state index contributed by atoms with van der Waals surface area (Å²) in [7, 11) is 2.91. The van der Waals surface area contributed by atoms with E-state index in [0.717, 1.165) is 0 Å². The van der Waals surface area contributed by atoms with Crippen molar-refractivity contribution >= 4 is 35.1 Å². The molecule has 7 heteroatoms. The number of methoxy groups -OCH3 is 1. The molecule has 1 amide bonds. The van der Waals surface area contributed by atoms with Crippen LogP contribution in [0.3, 0.4) is 0 Å². The minimum absolute atomic E-state index is 0.150. The largest absolute Gasteiger partial charge is 0.484 e. The van der Waals surface area contributed by atoms with Crippen LogP contribution in [0, 0.1) is 5.92 Å². The van der Waals surface area contributed by atoms with Crippen molar-refractivity contribution in [2.75, 3.05) is 27.3 Å². The summed E-state index contributed by atoms with van der Waals surface area (Å²) in [4.78, 5) is 24.6. The molecule has 1 aromatic carbocycles. The molecule has 0 heterocycles. The third kappa shape index (κ3) is 5.44. The van der Waals surface area contributed by atoms with Crippen molar-refractivity contribution in [3.05, 3.63) is 28.2 Å². The number of esters is 1. The van der Waals surface area contributed by atoms with Gasteiger partial charge in [0.25, 0.3) is 5.91 Å². The van der Waals surface area contributed by atoms with Crippen LogP contribution in [-0.4, -0.2) is 44.1 Å². The number of amides is 1. The van der Waals surface area contributed by atoms with Crippen molar-refractivity contribution in [2.24, 2.45) is 5.92 Å². The van der Waals surface area contributed by atoms with Crippen molar-refractivity contribution in [1.82, 2.24) is 4.90 Å². The summed E-state index contributed by atoms with van der Waals surface area (Å²) < 4.78 is 9.95. The second-order valence-corrected chi connectivity index (χ2v) is 5.38. The maximum atomic E-state index is 11.9. The van der Waals surface area contributed by atoms with Gasteiger partial charge in [0, 0.05) is 19.7 Å². The highest BCUT2D eigenvalue weighted by atomic mass is 35.5. The lowest BCUT2D eigenvalue weighted by molar-refractivity contribution is -0.146. The molecular weight excluding hydrogens is 317 g/mol. The Morgan fingerprint density at radius 1 is 1.29 bits per heavy atom. The Morgan fingerprint density at radius 3 is 2.52 bits per heavy atom. The third-order valence-electron chi connectivity index (χ3n) is 2.83. The lowest BCUT2D eigenvalue weighted by Gasteiger charge is -2.20. The van der Waals surface area contributed by atoms with Gasteiger partial charge in [0.1, 0.15) is 5.75 Å². The fourth-order valence-electron chi connectivity index (χ4n) is 1.61. The number of benzene rings is 1. The van der Waals surface area contributed by atoms with E-state index in [9.17, 15) is 9.59 Å². The van der Waals surface area contributed by atoms with Crippen LogP contribution in [-0.2, 0) is 14.3 Å². The van der Waals surface area contributed by atoms with E-state index in [1.165, 1.54) is 18.1 Å². The summed E-state index contributed by atoms with van der Waals surface area (Å²) in [6, 6.07) is 4.75. The molecule has 5 nitrogen and oxygen atoms in total. The molecule has 1 unspecified atom stereocenters. The lowest BCUT2D eigenvalue weighted by atomic mass is 10.2. The number of ether oxygens (including phenoxy) is 2. The second kappa shape index (κ2) is 8.10. The smallest absolute Gasteiger partial charge is 0.310 e. The van der Waals surface area contributed by atoms with Gasteiger partial charge in [-0.05, 0) is 12.1 Å². The number of likely N-dealkylation sites (N-methyl/N-ethyl adjacent to an activating group) is 1. The number of halogens is 2. The maximum absolute atomic E-state index is 11.9. The number of hydrogen-bond acceptors (Lipinski definition) is 4. The minimum atomic E-state index is -0.395. The highest BCUT2D eigenvalue weighted by molar-refractivity contribution is 6.42. The zero-order chi connectivity index (χ0) is 16.0. The van der Waals surface area contributed by atoms with E-state index >= 15 is 0 Å². The van der Waals surface area contributed by atoms with Crippen LogP contribution in [0.2, 0.25) is 10.0 Å². The van der Waals surface area contributed by atoms with Gasteiger partial charge in [-0.2, -0.15) is 0 Å². The van der Waals surface area contributed by atoms with Crippen molar-refractivity contribution in [3.63, 3.8) is 0 Å². The topological polar surface area (TPSA) is 55.8 Å². The number of carbonyl (C=O) groups is 2. The van der Waals surface area contributed by atoms with Crippen LogP contribution >= 0.6 is 23.2 Å². The molecule has 0 aliphatic heterocycles. The van der Waals surface area contributed by atoms with E-state index in [0.29, 0.717) is 15.8 Å². The summed E-state index contributed by atoms with van der Waals surface area (Å²) in [6.45, 7) is 1.80. The zero-order valence-corrected chi connectivity index (χ0v) is 13.6. The summed E-state index contributed by atoms with van der Waals surface area (Å²) in [6.07, 6.45) is 0. The number of nitrogens with zero attached hydrogens (tertiary/aromatic N) is 1. The van der Waals surface area contributed by atoms with Crippen molar-refractivity contribution in [1.29, 1.82) is 0 Å². The van der Waals surface area contributed by atoms with E-state index in [-0.39, 0.29) is 25.0 Å². The van der Waals surface area contributed by atoms with Crippen LogP contribution in [0.25, 0.3) is 0 Å². The second-order valence-electron chi connectivity index (χ2n) is 4.56. The highest BCUT2D eigenvalue weighted by Gasteiger charge is 2.19. The van der Waals surface area contributed by atoms with Gasteiger partial charge in [-0.15, -0.1) is 0 Å². The quantitative estimate of drug-likeness (QED) is 0.751. The van der Waals surface area contributed by atoms with E-state index in [2.05, 4.69) is 4.74 Å². The van der Waals surface area contributed by atoms with Crippen LogP contribution in [0.1, 0.15) is 6.92 Å². The van der Waals surface area contributed by atoms with Gasteiger partial charge in [-0.1, -0.05) is 30.1 Å². The molecule has 1 aromatic rings. The molecule has 0 spiro atoms. The summed E-state index contributed by atoms with van der Waals surface area (Å²) >= 11 is 11.6. The average molecular weight is 334 g/mol. The summed E-state index contributed by atoms with van der Waals surface area (Å²) in [5, 5.41) is 0.772. The van der Waals surface area contributed by atoms with E-state index in [1.54, 1.807) is 26.1 Å². The van der Waals surface area contributed by atoms with E-state index < -0.39 is 5.92 Å². The molecule has 0 N–H and O–H groups in total. The SMILES string of the molecule is COC(=O)C(C)CN(C)C(=O)COc1ccc(Cl)c(Cl)c1. The van der Waals surface area contributed by atoms with Crippen LogP contribution in [0.15, 0.2) is 18.2 Å². The first-order chi connectivity index (χ1) is 9.85. The fraction of sp³-hybridized carbons (Fsp3) is 0.429. The lowest BCUT2D eigenvalue weighted by Crippen LogP contribution is -2.37. The first-order valence-corrected chi connectivity index (χ1v) is 7.00. The molecule has 116 valence electrons. The molecule has 0 aromatic heterocycles. The van der Waals surface area contributed by atoms with Crippen molar-refractivity contribution in [2.45, 2.75) is 6.92 Å². The maximum Gasteiger partial charge on any atom is 0.310 e. The van der Waals surface area contributed by atoms with Crippen LogP contribution < -0.4 is 4.74 Å². The van der Waals surface area contributed by atoms with E-state index in [1.807, 2.05) is 0 Å². The standard InChI is InChI=1S/C14H17Cl2NO4/c1-9(14(19)20-3)7-17(2)13(18)8-21-10-4-5-11(15)12(16)6-10/h4-6,9H,7-8H2,1-3H3. The zero-order valence-electron chi connectivity index (χ0n) is 12.1. The Hall–Kier alpha value is -1.46. The van der Waals surface area contributed by atoms with Gasteiger partial charge in [-0.3, -0.25) is 9.59 Å². The summed E-state index contributed by atoms with van der Waals surface area (Å²) in [5.74, 6) is -0.557. The monoisotopic (exact) mass is 333 g/mol.